The second-order valence-corrected chi connectivity index (χ2v) is 13.4. The molecule has 0 aliphatic carbocycles. The summed E-state index contributed by atoms with van der Waals surface area (Å²) < 4.78 is 5.83. The van der Waals surface area contributed by atoms with Gasteiger partial charge in [0.15, 0.2) is 0 Å². The lowest BCUT2D eigenvalue weighted by Gasteiger charge is -2.29. The van der Waals surface area contributed by atoms with Crippen molar-refractivity contribution in [2.24, 2.45) is 0 Å². The number of ether oxygens (including phenoxy) is 1. The highest BCUT2D eigenvalue weighted by atomic mass is 16.5. The number of aliphatic hydroxyl groups excluding tert-OH is 1. The van der Waals surface area contributed by atoms with E-state index in [-0.39, 0.29) is 6.61 Å². The molecule has 52 heavy (non-hydrogen) atoms. The molecule has 0 saturated heterocycles. The molecule has 0 aromatic heterocycles. The van der Waals surface area contributed by atoms with Crippen LogP contribution in [0.25, 0.3) is 22.3 Å². The maximum Gasteiger partial charge on any atom is 0.142 e. The first kappa shape index (κ1) is 34.4. The number of anilines is 6. The van der Waals surface area contributed by atoms with Gasteiger partial charge in [0.2, 0.25) is 0 Å². The molecule has 0 atom stereocenters. The van der Waals surface area contributed by atoms with Crippen LogP contribution in [-0.2, 0) is 6.61 Å². The van der Waals surface area contributed by atoms with Crippen molar-refractivity contribution in [3.63, 3.8) is 0 Å². The van der Waals surface area contributed by atoms with E-state index >= 15 is 0 Å². The molecular formula is C48H44N2O2. The van der Waals surface area contributed by atoms with E-state index in [0.717, 1.165) is 73.3 Å². The van der Waals surface area contributed by atoms with Crippen molar-refractivity contribution in [3.8, 4) is 28.0 Å². The molecular weight excluding hydrogens is 637 g/mol. The first-order chi connectivity index (χ1) is 25.3. The number of hydrogen-bond donors (Lipinski definition) is 1. The summed E-state index contributed by atoms with van der Waals surface area (Å²) in [5.41, 5.74) is 16.5. The number of benzene rings is 7. The molecule has 0 heterocycles. The third kappa shape index (κ3) is 6.94. The van der Waals surface area contributed by atoms with Crippen molar-refractivity contribution in [2.45, 2.75) is 34.3 Å². The highest BCUT2D eigenvalue weighted by Crippen LogP contribution is 2.43. The van der Waals surface area contributed by atoms with E-state index < -0.39 is 0 Å². The Bertz CT molecular complexity index is 2140. The number of nitrogens with zero attached hydrogens (tertiary/aromatic N) is 2. The molecule has 0 saturated carbocycles. The van der Waals surface area contributed by atoms with Crippen LogP contribution in [0, 0.1) is 27.7 Å². The smallest absolute Gasteiger partial charge is 0.142 e. The number of hydrogen-bond acceptors (Lipinski definition) is 4. The first-order valence-electron chi connectivity index (χ1n) is 17.7. The summed E-state index contributed by atoms with van der Waals surface area (Å²) in [4.78, 5) is 4.53. The summed E-state index contributed by atoms with van der Waals surface area (Å²) in [5, 5.41) is 10.3. The van der Waals surface area contributed by atoms with Crippen LogP contribution in [-0.4, -0.2) is 12.2 Å². The lowest BCUT2D eigenvalue weighted by Crippen LogP contribution is -2.13. The van der Waals surface area contributed by atoms with Crippen LogP contribution in [0.4, 0.5) is 34.1 Å². The van der Waals surface area contributed by atoms with Gasteiger partial charge in [0, 0.05) is 28.3 Å². The monoisotopic (exact) mass is 680 g/mol. The van der Waals surface area contributed by atoms with Crippen molar-refractivity contribution >= 4 is 34.1 Å². The van der Waals surface area contributed by atoms with Gasteiger partial charge in [-0.15, -0.1) is 0 Å². The lowest BCUT2D eigenvalue weighted by atomic mass is 9.99. The molecule has 0 aliphatic heterocycles. The SMILES string of the molecule is COc1ccc(C)cc1N(c1ccc(-c2ccc(-c3ccc(N(c4ccccc4C)c4cc(C)ccc4CO)cc3)cc2)cc1)c1ccccc1C. The van der Waals surface area contributed by atoms with Crippen molar-refractivity contribution in [3.05, 3.63) is 186 Å². The molecule has 0 spiro atoms. The Balaban J connectivity index is 1.17. The van der Waals surface area contributed by atoms with Gasteiger partial charge in [-0.25, -0.2) is 0 Å². The van der Waals surface area contributed by atoms with E-state index in [2.05, 4.69) is 183 Å². The minimum Gasteiger partial charge on any atom is -0.495 e. The minimum atomic E-state index is -0.0302. The molecule has 0 unspecified atom stereocenters. The number of aryl methyl sites for hydroxylation is 4. The van der Waals surface area contributed by atoms with Crippen LogP contribution in [0.3, 0.4) is 0 Å². The molecule has 0 amide bonds. The summed E-state index contributed by atoms with van der Waals surface area (Å²) in [6, 6.07) is 55.6. The van der Waals surface area contributed by atoms with Crippen LogP contribution in [0.5, 0.6) is 5.75 Å². The summed E-state index contributed by atoms with van der Waals surface area (Å²) in [6.45, 7) is 8.44. The number of aliphatic hydroxyl groups is 1. The molecule has 0 radical (unpaired) electrons. The van der Waals surface area contributed by atoms with Gasteiger partial charge in [-0.3, -0.25) is 0 Å². The van der Waals surface area contributed by atoms with Crippen molar-refractivity contribution in [1.82, 2.24) is 0 Å². The number of rotatable bonds is 10. The van der Waals surface area contributed by atoms with E-state index in [1.54, 1.807) is 7.11 Å². The third-order valence-corrected chi connectivity index (χ3v) is 9.74. The third-order valence-electron chi connectivity index (χ3n) is 9.74. The minimum absolute atomic E-state index is 0.0302. The summed E-state index contributed by atoms with van der Waals surface area (Å²) in [6.07, 6.45) is 0. The van der Waals surface area contributed by atoms with Gasteiger partial charge >= 0.3 is 0 Å². The Labute approximate surface area is 307 Å². The van der Waals surface area contributed by atoms with E-state index in [4.69, 9.17) is 4.74 Å². The Morgan fingerprint density at radius 2 is 0.846 bits per heavy atom. The topological polar surface area (TPSA) is 35.9 Å². The molecule has 258 valence electrons. The van der Waals surface area contributed by atoms with Gasteiger partial charge in [-0.2, -0.15) is 0 Å². The van der Waals surface area contributed by atoms with Crippen LogP contribution in [0.1, 0.15) is 27.8 Å². The molecule has 4 heteroatoms. The summed E-state index contributed by atoms with van der Waals surface area (Å²) >= 11 is 0. The normalized spacial score (nSPS) is 11.0. The lowest BCUT2D eigenvalue weighted by molar-refractivity contribution is 0.282. The molecule has 7 aromatic rings. The average Bonchev–Trinajstić information content (AvgIpc) is 3.17. The fourth-order valence-corrected chi connectivity index (χ4v) is 6.90. The predicted molar refractivity (Wildman–Crippen MR) is 218 cm³/mol. The average molecular weight is 681 g/mol. The molecule has 0 bridgehead atoms. The fourth-order valence-electron chi connectivity index (χ4n) is 6.90. The quantitative estimate of drug-likeness (QED) is 0.156. The fraction of sp³-hybridized carbons (Fsp3) is 0.125. The predicted octanol–water partition coefficient (Wildman–Crippen LogP) is 12.7. The van der Waals surface area contributed by atoms with Gasteiger partial charge < -0.3 is 19.6 Å². The van der Waals surface area contributed by atoms with Gasteiger partial charge in [0.05, 0.1) is 25.1 Å². The standard InChI is InChI=1S/C48H44N2O2/c1-33-14-16-41(32-51)46(30-33)49(44-12-8-6-10-35(44)3)42-25-21-39(22-26-42)37-17-19-38(20-18-37)40-23-27-43(28-24-40)50(45-13-9-7-11-36(45)4)47-31-34(2)15-29-48(47)52-5/h6-31,51H,32H2,1-5H3. The molecule has 7 aromatic carbocycles. The van der Waals surface area contributed by atoms with Gasteiger partial charge in [-0.1, -0.05) is 103 Å². The van der Waals surface area contributed by atoms with E-state index in [1.807, 2.05) is 12.1 Å². The van der Waals surface area contributed by atoms with Gasteiger partial charge in [0.25, 0.3) is 0 Å². The van der Waals surface area contributed by atoms with Crippen LogP contribution >= 0.6 is 0 Å². The van der Waals surface area contributed by atoms with Crippen LogP contribution < -0.4 is 14.5 Å². The molecule has 0 fully saturated rings. The maximum absolute atomic E-state index is 10.3. The zero-order chi connectivity index (χ0) is 36.2. The molecule has 1 N–H and O–H groups in total. The Hall–Kier alpha value is -6.10. The maximum atomic E-state index is 10.3. The highest BCUT2D eigenvalue weighted by molar-refractivity contribution is 5.84. The zero-order valence-corrected chi connectivity index (χ0v) is 30.5. The van der Waals surface area contributed by atoms with E-state index in [9.17, 15) is 5.11 Å². The second-order valence-electron chi connectivity index (χ2n) is 13.4. The van der Waals surface area contributed by atoms with E-state index in [0.29, 0.717) is 0 Å². The van der Waals surface area contributed by atoms with Crippen LogP contribution in [0.2, 0.25) is 0 Å². The van der Waals surface area contributed by atoms with Gasteiger partial charge in [-0.05, 0) is 127 Å². The van der Waals surface area contributed by atoms with Crippen molar-refractivity contribution in [1.29, 1.82) is 0 Å². The Kier molecular flexibility index (Phi) is 9.92. The Morgan fingerprint density at radius 1 is 0.442 bits per heavy atom. The number of methoxy groups -OCH3 is 1. The summed E-state index contributed by atoms with van der Waals surface area (Å²) in [7, 11) is 1.73. The molecule has 4 nitrogen and oxygen atoms in total. The van der Waals surface area contributed by atoms with Gasteiger partial charge in [0.1, 0.15) is 5.75 Å². The highest BCUT2D eigenvalue weighted by Gasteiger charge is 2.20. The van der Waals surface area contributed by atoms with Crippen LogP contribution in [0.15, 0.2) is 158 Å². The molecule has 0 aliphatic rings. The Morgan fingerprint density at radius 3 is 1.29 bits per heavy atom. The zero-order valence-electron chi connectivity index (χ0n) is 30.5. The second kappa shape index (κ2) is 15.0. The first-order valence-corrected chi connectivity index (χ1v) is 17.7. The van der Waals surface area contributed by atoms with E-state index in [1.165, 1.54) is 16.7 Å². The largest absolute Gasteiger partial charge is 0.495 e. The van der Waals surface area contributed by atoms with Crippen molar-refractivity contribution < 1.29 is 9.84 Å². The van der Waals surface area contributed by atoms with Crippen molar-refractivity contribution in [2.75, 3.05) is 16.9 Å². The summed E-state index contributed by atoms with van der Waals surface area (Å²) in [5.74, 6) is 0.828. The molecule has 7 rings (SSSR count). The number of para-hydroxylation sites is 2.